The van der Waals surface area contributed by atoms with Gasteiger partial charge in [-0.1, -0.05) is 0 Å². The molecule has 7 nitrogen and oxygen atoms in total. The summed E-state index contributed by atoms with van der Waals surface area (Å²) in [4.78, 5) is 4.77. The first-order valence-corrected chi connectivity index (χ1v) is 11.8. The summed E-state index contributed by atoms with van der Waals surface area (Å²) in [7, 11) is 1.69. The van der Waals surface area contributed by atoms with Gasteiger partial charge in [0.15, 0.2) is 5.96 Å². The fourth-order valence-corrected chi connectivity index (χ4v) is 3.94. The first kappa shape index (κ1) is 27.0. The molecule has 0 amide bonds. The monoisotopic (exact) mass is 561 g/mol. The summed E-state index contributed by atoms with van der Waals surface area (Å²) in [6.07, 6.45) is 7.10. The average molecular weight is 562 g/mol. The lowest BCUT2D eigenvalue weighted by Crippen LogP contribution is -2.38. The molecule has 0 aromatic heterocycles. The number of methoxy groups -OCH3 is 1. The van der Waals surface area contributed by atoms with Gasteiger partial charge in [-0.25, -0.2) is 4.99 Å². The molecule has 0 bridgehead atoms. The highest BCUT2D eigenvalue weighted by Gasteiger charge is 2.18. The molecule has 1 saturated heterocycles. The molecular weight excluding hydrogens is 521 g/mol. The molecule has 32 heavy (non-hydrogen) atoms. The van der Waals surface area contributed by atoms with Gasteiger partial charge in [0.1, 0.15) is 11.5 Å². The van der Waals surface area contributed by atoms with Crippen LogP contribution < -0.4 is 20.1 Å². The molecule has 1 aromatic rings. The highest BCUT2D eigenvalue weighted by atomic mass is 127. The van der Waals surface area contributed by atoms with Crippen molar-refractivity contribution >= 4 is 29.9 Å². The van der Waals surface area contributed by atoms with Crippen molar-refractivity contribution in [1.82, 2.24) is 10.6 Å². The lowest BCUT2D eigenvalue weighted by molar-refractivity contribution is 0.0888. The van der Waals surface area contributed by atoms with Gasteiger partial charge in [-0.3, -0.25) is 0 Å². The Hall–Kier alpha value is -1.26. The van der Waals surface area contributed by atoms with E-state index >= 15 is 0 Å². The number of halogens is 1. The molecule has 1 heterocycles. The van der Waals surface area contributed by atoms with Crippen molar-refractivity contribution in [2.45, 2.75) is 58.1 Å². The Balaban J connectivity index is 0.00000363. The standard InChI is InChI=1S/C24H39N3O4.HI/c1-3-25-24(26-12-6-13-29-17-19-11-14-30-18-19)27-16-20-9-10-22(28-2)15-23(20)31-21-7-4-5-8-21;/h9-10,15,19,21H,3-8,11-14,16-18H2,1-2H3,(H2,25,26,27);1H. The van der Waals surface area contributed by atoms with Crippen LogP contribution in [0, 0.1) is 5.92 Å². The van der Waals surface area contributed by atoms with Crippen LogP contribution in [-0.2, 0) is 16.0 Å². The highest BCUT2D eigenvalue weighted by Crippen LogP contribution is 2.30. The van der Waals surface area contributed by atoms with Gasteiger partial charge in [0.05, 0.1) is 33.0 Å². The van der Waals surface area contributed by atoms with E-state index < -0.39 is 0 Å². The summed E-state index contributed by atoms with van der Waals surface area (Å²) in [5.41, 5.74) is 1.08. The smallest absolute Gasteiger partial charge is 0.191 e. The Bertz CT molecular complexity index is 677. The maximum atomic E-state index is 6.29. The van der Waals surface area contributed by atoms with Gasteiger partial charge in [-0.15, -0.1) is 24.0 Å². The van der Waals surface area contributed by atoms with Gasteiger partial charge in [-0.2, -0.15) is 0 Å². The van der Waals surface area contributed by atoms with Crippen LogP contribution in [-0.4, -0.2) is 58.7 Å². The fourth-order valence-electron chi connectivity index (χ4n) is 3.94. The predicted molar refractivity (Wildman–Crippen MR) is 138 cm³/mol. The van der Waals surface area contributed by atoms with Crippen molar-refractivity contribution in [3.63, 3.8) is 0 Å². The van der Waals surface area contributed by atoms with Crippen molar-refractivity contribution in [2.75, 3.05) is 46.6 Å². The molecular formula is C24H40IN3O4. The third-order valence-electron chi connectivity index (χ3n) is 5.76. The minimum absolute atomic E-state index is 0. The van der Waals surface area contributed by atoms with Gasteiger partial charge in [0, 0.05) is 43.9 Å². The van der Waals surface area contributed by atoms with E-state index in [9.17, 15) is 0 Å². The number of guanidine groups is 1. The van der Waals surface area contributed by atoms with Crippen molar-refractivity contribution in [2.24, 2.45) is 10.9 Å². The van der Waals surface area contributed by atoms with Crippen LogP contribution >= 0.6 is 24.0 Å². The van der Waals surface area contributed by atoms with Gasteiger partial charge >= 0.3 is 0 Å². The van der Waals surface area contributed by atoms with Gasteiger partial charge in [0.2, 0.25) is 0 Å². The Labute approximate surface area is 210 Å². The second kappa shape index (κ2) is 15.6. The van der Waals surface area contributed by atoms with Crippen LogP contribution in [0.2, 0.25) is 0 Å². The molecule has 1 saturated carbocycles. The molecule has 182 valence electrons. The second-order valence-corrected chi connectivity index (χ2v) is 8.28. The Morgan fingerprint density at radius 3 is 2.75 bits per heavy atom. The van der Waals surface area contributed by atoms with E-state index in [1.807, 2.05) is 12.1 Å². The predicted octanol–water partition coefficient (Wildman–Crippen LogP) is 4.13. The number of nitrogens with zero attached hydrogens (tertiary/aromatic N) is 1. The second-order valence-electron chi connectivity index (χ2n) is 8.28. The van der Waals surface area contributed by atoms with E-state index in [1.54, 1.807) is 7.11 Å². The Morgan fingerprint density at radius 2 is 2.03 bits per heavy atom. The number of hydrogen-bond donors (Lipinski definition) is 2. The molecule has 8 heteroatoms. The third-order valence-corrected chi connectivity index (χ3v) is 5.76. The zero-order chi connectivity index (χ0) is 21.7. The van der Waals surface area contributed by atoms with E-state index in [-0.39, 0.29) is 24.0 Å². The van der Waals surface area contributed by atoms with Crippen LogP contribution in [0.25, 0.3) is 0 Å². The highest BCUT2D eigenvalue weighted by molar-refractivity contribution is 14.0. The summed E-state index contributed by atoms with van der Waals surface area (Å²) in [6, 6.07) is 6.01. The fraction of sp³-hybridized carbons (Fsp3) is 0.708. The van der Waals surface area contributed by atoms with Gasteiger partial charge in [-0.05, 0) is 57.6 Å². The summed E-state index contributed by atoms with van der Waals surface area (Å²) in [5.74, 6) is 3.08. The van der Waals surface area contributed by atoms with Gasteiger partial charge in [0.25, 0.3) is 0 Å². The zero-order valence-electron chi connectivity index (χ0n) is 19.6. The first-order chi connectivity index (χ1) is 15.3. The molecule has 3 rings (SSSR count). The van der Waals surface area contributed by atoms with E-state index in [1.165, 1.54) is 12.8 Å². The van der Waals surface area contributed by atoms with Crippen molar-refractivity contribution in [3.05, 3.63) is 23.8 Å². The molecule has 1 aromatic carbocycles. The third kappa shape index (κ3) is 9.31. The van der Waals surface area contributed by atoms with Crippen molar-refractivity contribution in [1.29, 1.82) is 0 Å². The number of ether oxygens (including phenoxy) is 4. The summed E-state index contributed by atoms with van der Waals surface area (Å²) >= 11 is 0. The lowest BCUT2D eigenvalue weighted by Gasteiger charge is -2.17. The number of hydrogen-bond acceptors (Lipinski definition) is 5. The molecule has 1 aliphatic carbocycles. The maximum Gasteiger partial charge on any atom is 0.191 e. The quantitative estimate of drug-likeness (QED) is 0.173. The Kier molecular flexibility index (Phi) is 13.1. The number of aliphatic imine (C=N–C) groups is 1. The summed E-state index contributed by atoms with van der Waals surface area (Å²) < 4.78 is 22.9. The molecule has 2 aliphatic rings. The number of rotatable bonds is 12. The molecule has 0 radical (unpaired) electrons. The summed E-state index contributed by atoms with van der Waals surface area (Å²) in [5, 5.41) is 6.72. The van der Waals surface area contributed by atoms with Crippen LogP contribution in [0.1, 0.15) is 51.0 Å². The number of nitrogens with one attached hydrogen (secondary N) is 2. The minimum atomic E-state index is 0. The Morgan fingerprint density at radius 1 is 1.19 bits per heavy atom. The van der Waals surface area contributed by atoms with E-state index in [0.717, 1.165) is 88.2 Å². The lowest BCUT2D eigenvalue weighted by atomic mass is 10.1. The van der Waals surface area contributed by atoms with Gasteiger partial charge < -0.3 is 29.6 Å². The van der Waals surface area contributed by atoms with Crippen molar-refractivity contribution < 1.29 is 18.9 Å². The van der Waals surface area contributed by atoms with E-state index in [0.29, 0.717) is 18.6 Å². The molecule has 1 atom stereocenters. The van der Waals surface area contributed by atoms with E-state index in [4.69, 9.17) is 23.9 Å². The van der Waals surface area contributed by atoms with Crippen LogP contribution in [0.4, 0.5) is 0 Å². The van der Waals surface area contributed by atoms with Crippen molar-refractivity contribution in [3.8, 4) is 11.5 Å². The van der Waals surface area contributed by atoms with Crippen LogP contribution in [0.5, 0.6) is 11.5 Å². The zero-order valence-corrected chi connectivity index (χ0v) is 21.9. The summed E-state index contributed by atoms with van der Waals surface area (Å²) in [6.45, 7) is 7.54. The minimum Gasteiger partial charge on any atom is -0.497 e. The first-order valence-electron chi connectivity index (χ1n) is 11.8. The van der Waals surface area contributed by atoms with E-state index in [2.05, 4.69) is 23.6 Å². The molecule has 2 fully saturated rings. The van der Waals surface area contributed by atoms with Crippen LogP contribution in [0.3, 0.4) is 0 Å². The number of benzene rings is 1. The van der Waals surface area contributed by atoms with Crippen LogP contribution in [0.15, 0.2) is 23.2 Å². The normalized spacial score (nSPS) is 18.9. The average Bonchev–Trinajstić information content (AvgIpc) is 3.49. The largest absolute Gasteiger partial charge is 0.497 e. The SMILES string of the molecule is CCNC(=NCc1ccc(OC)cc1OC1CCCC1)NCCCOCC1CCOC1.I. The maximum absolute atomic E-state index is 6.29. The topological polar surface area (TPSA) is 73.3 Å². The molecule has 1 aliphatic heterocycles. The molecule has 0 spiro atoms. The molecule has 1 unspecified atom stereocenters. The molecule has 2 N–H and O–H groups in total.